The molecule has 0 atom stereocenters. The van der Waals surface area contributed by atoms with Gasteiger partial charge in [0.05, 0.1) is 10.7 Å². The Kier molecular flexibility index (Phi) is 1.77. The number of aromatic carboxylic acids is 1. The molecule has 5 nitrogen and oxygen atoms in total. The van der Waals surface area contributed by atoms with Crippen LogP contribution < -0.4 is 0 Å². The topological polar surface area (TPSA) is 76.2 Å². The molecule has 0 saturated heterocycles. The smallest absolute Gasteiger partial charge is 0.392 e. The van der Waals surface area contributed by atoms with Gasteiger partial charge < -0.3 is 9.52 Å². The summed E-state index contributed by atoms with van der Waals surface area (Å²) in [7, 11) is 0. The van der Waals surface area contributed by atoms with Gasteiger partial charge >= 0.3 is 11.9 Å². The van der Waals surface area contributed by atoms with Crippen molar-refractivity contribution in [2.75, 3.05) is 0 Å². The molecule has 0 saturated carbocycles. The van der Waals surface area contributed by atoms with Crippen LogP contribution in [-0.2, 0) is 0 Å². The minimum atomic E-state index is -1.19. The van der Waals surface area contributed by atoms with Crippen LogP contribution in [0.25, 0.3) is 11.1 Å². The molecule has 0 amide bonds. The van der Waals surface area contributed by atoms with Crippen LogP contribution in [0.5, 0.6) is 0 Å². The van der Waals surface area contributed by atoms with Crippen LogP contribution in [0.3, 0.4) is 0 Å². The monoisotopic (exact) mass is 242 g/mol. The zero-order chi connectivity index (χ0) is 9.42. The fraction of sp³-hybridized carbons (Fsp3) is 0. The summed E-state index contributed by atoms with van der Waals surface area (Å²) in [4.78, 5) is 18.0. The van der Waals surface area contributed by atoms with Gasteiger partial charge in [0, 0.05) is 6.20 Å². The molecule has 2 aromatic heterocycles. The van der Waals surface area contributed by atoms with E-state index in [1.54, 1.807) is 0 Å². The van der Waals surface area contributed by atoms with Gasteiger partial charge in [-0.1, -0.05) is 0 Å². The Labute approximate surface area is 80.5 Å². The highest BCUT2D eigenvalue weighted by Crippen LogP contribution is 2.22. The highest BCUT2D eigenvalue weighted by Gasteiger charge is 2.14. The minimum Gasteiger partial charge on any atom is -0.474 e. The van der Waals surface area contributed by atoms with Crippen LogP contribution in [-0.4, -0.2) is 21.0 Å². The van der Waals surface area contributed by atoms with E-state index in [4.69, 9.17) is 9.52 Å². The molecule has 0 fully saturated rings. The molecular formula is C7H3BrN2O3. The number of aromatic nitrogens is 2. The van der Waals surface area contributed by atoms with E-state index < -0.39 is 5.97 Å². The van der Waals surface area contributed by atoms with E-state index in [1.807, 2.05) is 0 Å². The third kappa shape index (κ3) is 1.29. The van der Waals surface area contributed by atoms with Crippen molar-refractivity contribution in [2.24, 2.45) is 0 Å². The van der Waals surface area contributed by atoms with Crippen LogP contribution in [0.1, 0.15) is 10.7 Å². The molecule has 0 aliphatic heterocycles. The lowest BCUT2D eigenvalue weighted by atomic mass is 10.4. The zero-order valence-electron chi connectivity index (χ0n) is 6.19. The van der Waals surface area contributed by atoms with Crippen LogP contribution in [0.4, 0.5) is 0 Å². The van der Waals surface area contributed by atoms with Crippen LogP contribution in [0, 0.1) is 0 Å². The molecule has 0 aromatic carbocycles. The van der Waals surface area contributed by atoms with Gasteiger partial charge in [0.15, 0.2) is 5.58 Å². The molecular weight excluding hydrogens is 240 g/mol. The molecule has 0 spiro atoms. The standard InChI is InChI=1S/C7H3BrN2O3/c8-3-1-9-2-4-5(3)13-6(10-4)7(11)12/h1-2H,(H,11,12). The Hall–Kier alpha value is -1.43. The third-order valence-electron chi connectivity index (χ3n) is 1.44. The lowest BCUT2D eigenvalue weighted by Crippen LogP contribution is -1.94. The Bertz CT molecular complexity index is 480. The number of carboxylic acids is 1. The quantitative estimate of drug-likeness (QED) is 0.824. The predicted octanol–water partition coefficient (Wildman–Crippen LogP) is 1.68. The van der Waals surface area contributed by atoms with Crippen molar-refractivity contribution in [3.8, 4) is 0 Å². The molecule has 2 heterocycles. The second kappa shape index (κ2) is 2.81. The van der Waals surface area contributed by atoms with Gasteiger partial charge in [0.2, 0.25) is 0 Å². The zero-order valence-corrected chi connectivity index (χ0v) is 7.78. The molecule has 0 bridgehead atoms. The average Bonchev–Trinajstić information content (AvgIpc) is 2.49. The first-order valence-electron chi connectivity index (χ1n) is 3.32. The minimum absolute atomic E-state index is 0.330. The Balaban J connectivity index is 2.75. The van der Waals surface area contributed by atoms with Crippen molar-refractivity contribution in [2.45, 2.75) is 0 Å². The number of pyridine rings is 1. The van der Waals surface area contributed by atoms with E-state index >= 15 is 0 Å². The first-order valence-corrected chi connectivity index (χ1v) is 4.11. The molecule has 1 N–H and O–H groups in total. The first-order chi connectivity index (χ1) is 6.18. The molecule has 0 unspecified atom stereocenters. The summed E-state index contributed by atoms with van der Waals surface area (Å²) in [5.74, 6) is -1.52. The van der Waals surface area contributed by atoms with E-state index in [2.05, 4.69) is 25.9 Å². The number of carbonyl (C=O) groups is 1. The maximum absolute atomic E-state index is 10.5. The van der Waals surface area contributed by atoms with Crippen molar-refractivity contribution in [1.29, 1.82) is 0 Å². The van der Waals surface area contributed by atoms with Gasteiger partial charge in [-0.2, -0.15) is 0 Å². The summed E-state index contributed by atoms with van der Waals surface area (Å²) in [5, 5.41) is 8.58. The molecule has 66 valence electrons. The number of carboxylic acid groups (broad SMARTS) is 1. The van der Waals surface area contributed by atoms with Gasteiger partial charge in [-0.25, -0.2) is 9.78 Å². The second-order valence-corrected chi connectivity index (χ2v) is 3.15. The molecule has 2 aromatic rings. The maximum Gasteiger partial charge on any atom is 0.392 e. The molecule has 0 radical (unpaired) electrons. The fourth-order valence-electron chi connectivity index (χ4n) is 0.914. The van der Waals surface area contributed by atoms with Gasteiger partial charge in [-0.15, -0.1) is 0 Å². The molecule has 6 heteroatoms. The summed E-state index contributed by atoms with van der Waals surface area (Å²) in [6.45, 7) is 0. The SMILES string of the molecule is O=C(O)c1nc2cncc(Br)c2o1. The average molecular weight is 243 g/mol. The van der Waals surface area contributed by atoms with Gasteiger partial charge in [0.25, 0.3) is 0 Å². The Morgan fingerprint density at radius 2 is 2.31 bits per heavy atom. The van der Waals surface area contributed by atoms with Crippen LogP contribution >= 0.6 is 15.9 Å². The summed E-state index contributed by atoms with van der Waals surface area (Å²) < 4.78 is 5.55. The van der Waals surface area contributed by atoms with Crippen molar-refractivity contribution < 1.29 is 14.3 Å². The number of halogens is 1. The highest BCUT2D eigenvalue weighted by atomic mass is 79.9. The number of hydrogen-bond donors (Lipinski definition) is 1. The second-order valence-electron chi connectivity index (χ2n) is 2.29. The highest BCUT2D eigenvalue weighted by molar-refractivity contribution is 9.10. The predicted molar refractivity (Wildman–Crippen MR) is 46.5 cm³/mol. The van der Waals surface area contributed by atoms with E-state index in [-0.39, 0.29) is 5.89 Å². The summed E-state index contributed by atoms with van der Waals surface area (Å²) in [6.07, 6.45) is 2.95. The number of hydrogen-bond acceptors (Lipinski definition) is 4. The molecule has 2 rings (SSSR count). The summed E-state index contributed by atoms with van der Waals surface area (Å²) in [6, 6.07) is 0. The number of oxazole rings is 1. The van der Waals surface area contributed by atoms with Gasteiger partial charge in [-0.05, 0) is 15.9 Å². The first kappa shape index (κ1) is 8.18. The lowest BCUT2D eigenvalue weighted by molar-refractivity contribution is 0.0656. The maximum atomic E-state index is 10.5. The van der Waals surface area contributed by atoms with E-state index in [0.717, 1.165) is 0 Å². The van der Waals surface area contributed by atoms with Gasteiger partial charge in [-0.3, -0.25) is 4.98 Å². The fourth-order valence-corrected chi connectivity index (χ4v) is 1.32. The van der Waals surface area contributed by atoms with E-state index in [0.29, 0.717) is 15.6 Å². The van der Waals surface area contributed by atoms with E-state index in [1.165, 1.54) is 12.4 Å². The van der Waals surface area contributed by atoms with Crippen LogP contribution in [0.2, 0.25) is 0 Å². The van der Waals surface area contributed by atoms with Crippen molar-refractivity contribution in [1.82, 2.24) is 9.97 Å². The summed E-state index contributed by atoms with van der Waals surface area (Å²) in [5.41, 5.74) is 0.819. The third-order valence-corrected chi connectivity index (χ3v) is 2.00. The number of rotatable bonds is 1. The van der Waals surface area contributed by atoms with Crippen molar-refractivity contribution in [3.05, 3.63) is 22.8 Å². The molecule has 13 heavy (non-hydrogen) atoms. The number of fused-ring (bicyclic) bond motifs is 1. The van der Waals surface area contributed by atoms with Crippen molar-refractivity contribution in [3.63, 3.8) is 0 Å². The molecule has 0 aliphatic rings. The summed E-state index contributed by atoms with van der Waals surface area (Å²) >= 11 is 3.17. The van der Waals surface area contributed by atoms with Crippen LogP contribution in [0.15, 0.2) is 21.3 Å². The van der Waals surface area contributed by atoms with E-state index in [9.17, 15) is 4.79 Å². The molecule has 0 aliphatic carbocycles. The Morgan fingerprint density at radius 3 is 2.92 bits per heavy atom. The Morgan fingerprint density at radius 1 is 1.54 bits per heavy atom. The normalized spacial score (nSPS) is 10.5. The van der Waals surface area contributed by atoms with Gasteiger partial charge in [0.1, 0.15) is 5.52 Å². The largest absolute Gasteiger partial charge is 0.474 e. The number of nitrogens with zero attached hydrogens (tertiary/aromatic N) is 2. The lowest BCUT2D eigenvalue weighted by Gasteiger charge is -1.86. The van der Waals surface area contributed by atoms with Crippen molar-refractivity contribution >= 4 is 33.0 Å².